The van der Waals surface area contributed by atoms with E-state index in [0.717, 1.165) is 0 Å². The lowest BCUT2D eigenvalue weighted by Crippen LogP contribution is -1.66. The van der Waals surface area contributed by atoms with Crippen LogP contribution in [0, 0.1) is 10.7 Å². The first-order chi connectivity index (χ1) is 3.41. The molecule has 0 aliphatic rings. The summed E-state index contributed by atoms with van der Waals surface area (Å²) in [5.74, 6) is 0. The van der Waals surface area contributed by atoms with Crippen LogP contribution in [0.4, 0.5) is 0 Å². The van der Waals surface area contributed by atoms with Crippen molar-refractivity contribution in [3.05, 3.63) is 0 Å². The SMILES string of the molecule is N#CS.O=P(O)(O)O. The summed E-state index contributed by atoms with van der Waals surface area (Å²) >= 11 is 3.09. The second-order valence-electron chi connectivity index (χ2n) is 0.613. The molecule has 7 heteroatoms. The van der Waals surface area contributed by atoms with Gasteiger partial charge in [-0.1, -0.05) is 12.6 Å². The molecule has 0 aliphatic heterocycles. The van der Waals surface area contributed by atoms with Gasteiger partial charge in [-0.15, -0.1) is 0 Å². The van der Waals surface area contributed by atoms with Gasteiger partial charge < -0.3 is 14.7 Å². The van der Waals surface area contributed by atoms with Gasteiger partial charge in [0, 0.05) is 0 Å². The Balaban J connectivity index is 0. The average Bonchev–Trinajstić information content (AvgIpc) is 1.27. The molecule has 0 rings (SSSR count). The molecule has 0 aromatic rings. The van der Waals surface area contributed by atoms with Crippen molar-refractivity contribution in [3.63, 3.8) is 0 Å². The van der Waals surface area contributed by atoms with E-state index in [1.165, 1.54) is 5.40 Å². The number of hydrogen-bond donors (Lipinski definition) is 4. The van der Waals surface area contributed by atoms with Crippen molar-refractivity contribution in [1.82, 2.24) is 0 Å². The van der Waals surface area contributed by atoms with Gasteiger partial charge in [-0.05, 0) is 0 Å². The van der Waals surface area contributed by atoms with Crippen LogP contribution in [-0.2, 0) is 4.57 Å². The van der Waals surface area contributed by atoms with Crippen LogP contribution < -0.4 is 0 Å². The summed E-state index contributed by atoms with van der Waals surface area (Å²) in [7, 11) is -4.64. The van der Waals surface area contributed by atoms with Gasteiger partial charge in [-0.3, -0.25) is 0 Å². The maximum absolute atomic E-state index is 8.88. The predicted molar refractivity (Wildman–Crippen MR) is 28.9 cm³/mol. The Bertz CT molecular complexity index is 114. The van der Waals surface area contributed by atoms with Crippen LogP contribution in [-0.4, -0.2) is 14.7 Å². The highest BCUT2D eigenvalue weighted by atomic mass is 32.1. The van der Waals surface area contributed by atoms with Gasteiger partial charge in [0.25, 0.3) is 0 Å². The maximum atomic E-state index is 8.88. The lowest BCUT2D eigenvalue weighted by Gasteiger charge is -1.82. The van der Waals surface area contributed by atoms with Gasteiger partial charge in [0.05, 0.1) is 0 Å². The Hall–Kier alpha value is -0.0500. The Kier molecular flexibility index (Phi) is 6.91. The van der Waals surface area contributed by atoms with Crippen molar-refractivity contribution >= 4 is 20.5 Å². The fraction of sp³-hybridized carbons (Fsp3) is 0. The fourth-order valence-electron chi connectivity index (χ4n) is 0. The molecule has 0 aliphatic carbocycles. The second kappa shape index (κ2) is 5.09. The van der Waals surface area contributed by atoms with Crippen molar-refractivity contribution < 1.29 is 19.2 Å². The standard InChI is InChI=1S/CHNS.H3O4P/c2-1-3;1-5(2,3)4/h3H;(H3,1,2,3,4). The summed E-state index contributed by atoms with van der Waals surface area (Å²) in [6.45, 7) is 0. The molecule has 48 valence electrons. The maximum Gasteiger partial charge on any atom is 0.466 e. The van der Waals surface area contributed by atoms with Gasteiger partial charge in [-0.25, -0.2) is 4.57 Å². The molecule has 0 saturated heterocycles. The molecule has 0 heterocycles. The third-order valence-electron chi connectivity index (χ3n) is 0. The lowest BCUT2D eigenvalue weighted by atomic mass is 11.8. The summed E-state index contributed by atoms with van der Waals surface area (Å²) in [5.41, 5.74) is 0. The number of nitriles is 1. The zero-order chi connectivity index (χ0) is 7.21. The molecule has 3 N–H and O–H groups in total. The monoisotopic (exact) mass is 157 g/mol. The molecular weight excluding hydrogens is 153 g/mol. The van der Waals surface area contributed by atoms with Gasteiger partial charge in [0.1, 0.15) is 5.40 Å². The molecule has 5 nitrogen and oxygen atoms in total. The molecule has 0 bridgehead atoms. The summed E-state index contributed by atoms with van der Waals surface area (Å²) in [6.07, 6.45) is 0. The average molecular weight is 157 g/mol. The summed E-state index contributed by atoms with van der Waals surface area (Å²) < 4.78 is 8.88. The third-order valence-corrected chi connectivity index (χ3v) is 0. The van der Waals surface area contributed by atoms with E-state index in [1.54, 1.807) is 0 Å². The molecule has 0 atom stereocenters. The van der Waals surface area contributed by atoms with Gasteiger partial charge in [0.15, 0.2) is 0 Å². The largest absolute Gasteiger partial charge is 0.466 e. The molecule has 0 aromatic heterocycles. The number of thiocyanates is 1. The Morgan fingerprint density at radius 3 is 1.50 bits per heavy atom. The first kappa shape index (κ1) is 10.8. The van der Waals surface area contributed by atoms with E-state index in [0.29, 0.717) is 0 Å². The Labute approximate surface area is 51.2 Å². The second-order valence-corrected chi connectivity index (χ2v) is 1.84. The van der Waals surface area contributed by atoms with Crippen molar-refractivity contribution in [3.8, 4) is 5.40 Å². The number of thiol groups is 1. The number of nitrogens with zero attached hydrogens (tertiary/aromatic N) is 1. The van der Waals surface area contributed by atoms with E-state index in [9.17, 15) is 0 Å². The molecule has 0 spiro atoms. The zero-order valence-corrected chi connectivity index (χ0v) is 5.38. The van der Waals surface area contributed by atoms with Crippen molar-refractivity contribution in [1.29, 1.82) is 5.26 Å². The van der Waals surface area contributed by atoms with Crippen molar-refractivity contribution in [2.45, 2.75) is 0 Å². The molecular formula is CH4NO4PS. The van der Waals surface area contributed by atoms with Crippen molar-refractivity contribution in [2.24, 2.45) is 0 Å². The number of hydrogen-bond acceptors (Lipinski definition) is 3. The molecule has 0 unspecified atom stereocenters. The molecule has 8 heavy (non-hydrogen) atoms. The van der Waals surface area contributed by atoms with E-state index < -0.39 is 7.82 Å². The zero-order valence-electron chi connectivity index (χ0n) is 3.59. The number of phosphoric acid groups is 1. The van der Waals surface area contributed by atoms with Gasteiger partial charge in [-0.2, -0.15) is 5.26 Å². The minimum absolute atomic E-state index is 1.44. The molecule has 0 fully saturated rings. The number of rotatable bonds is 0. The minimum atomic E-state index is -4.64. The van der Waals surface area contributed by atoms with Crippen molar-refractivity contribution in [2.75, 3.05) is 0 Å². The Morgan fingerprint density at radius 2 is 1.50 bits per heavy atom. The molecule has 0 radical (unpaired) electrons. The quantitative estimate of drug-likeness (QED) is 0.215. The highest BCUT2D eigenvalue weighted by Crippen LogP contribution is 2.25. The minimum Gasteiger partial charge on any atom is -0.303 e. The summed E-state index contributed by atoms with van der Waals surface area (Å²) in [4.78, 5) is 21.6. The fourth-order valence-corrected chi connectivity index (χ4v) is 0. The molecule has 0 saturated carbocycles. The van der Waals surface area contributed by atoms with Gasteiger partial charge in [0.2, 0.25) is 0 Å². The highest BCUT2D eigenvalue weighted by Gasteiger charge is 2.00. The van der Waals surface area contributed by atoms with Crippen LogP contribution in [0.25, 0.3) is 0 Å². The van der Waals surface area contributed by atoms with Crippen LogP contribution in [0.1, 0.15) is 0 Å². The normalized spacial score (nSPS) is 8.38. The predicted octanol–water partition coefficient (Wildman–Crippen LogP) is -0.531. The lowest BCUT2D eigenvalue weighted by molar-refractivity contribution is 0.275. The van der Waals surface area contributed by atoms with E-state index in [-0.39, 0.29) is 0 Å². The summed E-state index contributed by atoms with van der Waals surface area (Å²) in [6, 6.07) is 0. The van der Waals surface area contributed by atoms with Crippen LogP contribution >= 0.6 is 20.5 Å². The van der Waals surface area contributed by atoms with Crippen LogP contribution in [0.5, 0.6) is 0 Å². The smallest absolute Gasteiger partial charge is 0.303 e. The molecule has 0 amide bonds. The van der Waals surface area contributed by atoms with Crippen LogP contribution in [0.3, 0.4) is 0 Å². The van der Waals surface area contributed by atoms with Crippen LogP contribution in [0.15, 0.2) is 0 Å². The third kappa shape index (κ3) is 58300. The Morgan fingerprint density at radius 1 is 1.50 bits per heavy atom. The highest BCUT2D eigenvalue weighted by molar-refractivity contribution is 7.85. The topological polar surface area (TPSA) is 102 Å². The van der Waals surface area contributed by atoms with E-state index in [1.807, 2.05) is 0 Å². The van der Waals surface area contributed by atoms with E-state index in [2.05, 4.69) is 12.6 Å². The molecule has 0 aromatic carbocycles. The summed E-state index contributed by atoms with van der Waals surface area (Å²) in [5, 5.41) is 8.63. The van der Waals surface area contributed by atoms with Gasteiger partial charge >= 0.3 is 7.82 Å². The van der Waals surface area contributed by atoms with Crippen LogP contribution in [0.2, 0.25) is 0 Å². The van der Waals surface area contributed by atoms with E-state index in [4.69, 9.17) is 24.5 Å². The van der Waals surface area contributed by atoms with E-state index >= 15 is 0 Å². The first-order valence-electron chi connectivity index (χ1n) is 1.23. The first-order valence-corrected chi connectivity index (χ1v) is 3.24.